The Morgan fingerprint density at radius 1 is 0.767 bits per heavy atom. The summed E-state index contributed by atoms with van der Waals surface area (Å²) in [5, 5.41) is 5.28. The second-order valence-electron chi connectivity index (χ2n) is 6.76. The number of fused-ring (bicyclic) bond motifs is 2. The third-order valence-corrected chi connectivity index (χ3v) is 6.49. The van der Waals surface area contributed by atoms with E-state index in [4.69, 9.17) is 0 Å². The van der Waals surface area contributed by atoms with Crippen molar-refractivity contribution in [3.05, 3.63) is 83.4 Å². The summed E-state index contributed by atoms with van der Waals surface area (Å²) in [6, 6.07) is 16.5. The number of sulfone groups is 1. The number of carbonyl (C=O) groups is 3. The number of rotatable bonds is 3. The highest BCUT2D eigenvalue weighted by molar-refractivity contribution is 7.91. The van der Waals surface area contributed by atoms with E-state index >= 15 is 0 Å². The van der Waals surface area contributed by atoms with E-state index in [1.165, 1.54) is 37.3 Å². The van der Waals surface area contributed by atoms with Crippen LogP contribution in [0.3, 0.4) is 0 Å². The zero-order chi connectivity index (χ0) is 21.5. The summed E-state index contributed by atoms with van der Waals surface area (Å²) in [5.74, 6) is -1.19. The molecule has 0 spiro atoms. The Hall–Kier alpha value is -3.78. The average molecular weight is 420 g/mol. The molecule has 0 bridgehead atoms. The molecular formula is C22H16N2O5S. The van der Waals surface area contributed by atoms with Crippen molar-refractivity contribution in [2.75, 3.05) is 10.6 Å². The Kier molecular flexibility index (Phi) is 4.71. The molecule has 30 heavy (non-hydrogen) atoms. The molecule has 1 heterocycles. The predicted molar refractivity (Wildman–Crippen MR) is 110 cm³/mol. The van der Waals surface area contributed by atoms with Gasteiger partial charge in [-0.15, -0.1) is 0 Å². The molecule has 3 aromatic rings. The number of hydrogen-bond donors (Lipinski definition) is 2. The van der Waals surface area contributed by atoms with Crippen LogP contribution in [-0.4, -0.2) is 26.0 Å². The zero-order valence-electron chi connectivity index (χ0n) is 15.8. The van der Waals surface area contributed by atoms with Gasteiger partial charge in [0.2, 0.25) is 15.7 Å². The number of carbonyl (C=O) groups excluding carboxylic acids is 3. The Morgan fingerprint density at radius 2 is 1.43 bits per heavy atom. The first-order valence-corrected chi connectivity index (χ1v) is 10.5. The van der Waals surface area contributed by atoms with Gasteiger partial charge in [-0.1, -0.05) is 18.2 Å². The van der Waals surface area contributed by atoms with Crippen molar-refractivity contribution in [3.8, 4) is 0 Å². The van der Waals surface area contributed by atoms with Gasteiger partial charge in [0.05, 0.1) is 9.79 Å². The lowest BCUT2D eigenvalue weighted by Crippen LogP contribution is -2.21. The van der Waals surface area contributed by atoms with Crippen LogP contribution in [0.15, 0.2) is 76.5 Å². The fourth-order valence-corrected chi connectivity index (χ4v) is 4.98. The molecule has 150 valence electrons. The topological polar surface area (TPSA) is 109 Å². The van der Waals surface area contributed by atoms with Crippen LogP contribution >= 0.6 is 0 Å². The molecule has 1 aliphatic rings. The number of anilines is 2. The minimum absolute atomic E-state index is 0.0397. The van der Waals surface area contributed by atoms with Crippen molar-refractivity contribution in [2.24, 2.45) is 0 Å². The maximum absolute atomic E-state index is 13.0. The number of hydrogen-bond acceptors (Lipinski definition) is 5. The van der Waals surface area contributed by atoms with Crippen molar-refractivity contribution in [2.45, 2.75) is 16.7 Å². The van der Waals surface area contributed by atoms with E-state index in [-0.39, 0.29) is 32.4 Å². The molecule has 0 saturated carbocycles. The summed E-state index contributed by atoms with van der Waals surface area (Å²) in [4.78, 5) is 36.3. The number of benzene rings is 3. The van der Waals surface area contributed by atoms with E-state index < -0.39 is 21.5 Å². The quantitative estimate of drug-likeness (QED) is 0.529. The summed E-state index contributed by atoms with van der Waals surface area (Å²) in [6.45, 7) is 1.37. The molecule has 2 amide bonds. The molecular weight excluding hydrogens is 404 g/mol. The minimum Gasteiger partial charge on any atom is -0.326 e. The van der Waals surface area contributed by atoms with Crippen molar-refractivity contribution < 1.29 is 22.8 Å². The molecule has 4 rings (SSSR count). The van der Waals surface area contributed by atoms with Crippen molar-refractivity contribution in [1.29, 1.82) is 0 Å². The van der Waals surface area contributed by atoms with E-state index in [0.29, 0.717) is 11.4 Å². The van der Waals surface area contributed by atoms with Crippen LogP contribution < -0.4 is 10.6 Å². The van der Waals surface area contributed by atoms with Gasteiger partial charge in [0.25, 0.3) is 5.91 Å². The normalized spacial score (nSPS) is 13.7. The molecule has 0 radical (unpaired) electrons. The summed E-state index contributed by atoms with van der Waals surface area (Å²) in [6.07, 6.45) is 0. The minimum atomic E-state index is -3.93. The predicted octanol–water partition coefficient (Wildman–Crippen LogP) is 3.27. The number of nitrogens with one attached hydrogen (secondary N) is 2. The van der Waals surface area contributed by atoms with Crippen LogP contribution in [0.1, 0.15) is 33.2 Å². The van der Waals surface area contributed by atoms with Crippen molar-refractivity contribution in [1.82, 2.24) is 0 Å². The fraction of sp³-hybridized carbons (Fsp3) is 0.0455. The Morgan fingerprint density at radius 3 is 2.17 bits per heavy atom. The van der Waals surface area contributed by atoms with Crippen molar-refractivity contribution >= 4 is 38.8 Å². The second-order valence-corrected chi connectivity index (χ2v) is 8.64. The van der Waals surface area contributed by atoms with E-state index in [1.54, 1.807) is 36.4 Å². The first-order chi connectivity index (χ1) is 14.3. The summed E-state index contributed by atoms with van der Waals surface area (Å²) >= 11 is 0. The smallest absolute Gasteiger partial charge is 0.255 e. The molecule has 0 aliphatic carbocycles. The number of amides is 2. The molecule has 3 aromatic carbocycles. The SMILES string of the molecule is CC(=O)Nc1cccc(NC(=O)c2ccc3c(c2)S(=O)(=O)c2ccccc2C3=O)c1. The Labute approximate surface area is 172 Å². The first-order valence-electron chi connectivity index (χ1n) is 8.99. The molecule has 0 fully saturated rings. The van der Waals surface area contributed by atoms with Gasteiger partial charge in [-0.25, -0.2) is 8.42 Å². The monoisotopic (exact) mass is 420 g/mol. The second kappa shape index (κ2) is 7.23. The molecule has 8 heteroatoms. The maximum atomic E-state index is 13.0. The van der Waals surface area contributed by atoms with Crippen LogP contribution in [0.4, 0.5) is 11.4 Å². The molecule has 0 unspecified atom stereocenters. The highest BCUT2D eigenvalue weighted by Crippen LogP contribution is 2.34. The van der Waals surface area contributed by atoms with Gasteiger partial charge in [0.15, 0.2) is 5.78 Å². The van der Waals surface area contributed by atoms with Gasteiger partial charge in [-0.3, -0.25) is 14.4 Å². The molecule has 0 saturated heterocycles. The Balaban J connectivity index is 1.68. The van der Waals surface area contributed by atoms with Crippen LogP contribution in [0.2, 0.25) is 0 Å². The average Bonchev–Trinajstić information content (AvgIpc) is 2.72. The van der Waals surface area contributed by atoms with Crippen LogP contribution in [0.5, 0.6) is 0 Å². The van der Waals surface area contributed by atoms with Crippen molar-refractivity contribution in [3.63, 3.8) is 0 Å². The highest BCUT2D eigenvalue weighted by Gasteiger charge is 2.35. The fourth-order valence-electron chi connectivity index (χ4n) is 3.31. The van der Waals surface area contributed by atoms with E-state index in [9.17, 15) is 22.8 Å². The van der Waals surface area contributed by atoms with Crippen LogP contribution in [0.25, 0.3) is 0 Å². The third-order valence-electron chi connectivity index (χ3n) is 4.64. The van der Waals surface area contributed by atoms with E-state index in [1.807, 2.05) is 0 Å². The van der Waals surface area contributed by atoms with Gasteiger partial charge >= 0.3 is 0 Å². The van der Waals surface area contributed by atoms with E-state index in [0.717, 1.165) is 0 Å². The standard InChI is InChI=1S/C22H16N2O5S/c1-13(25)23-15-5-4-6-16(12-15)24-22(27)14-9-10-18-20(11-14)30(28,29)19-8-3-2-7-17(19)21(18)26/h2-12H,1H3,(H,23,25)(H,24,27). The van der Waals surface area contributed by atoms with Crippen LogP contribution in [0, 0.1) is 0 Å². The summed E-state index contributed by atoms with van der Waals surface area (Å²) in [5.41, 5.74) is 1.19. The molecule has 0 atom stereocenters. The molecule has 0 aromatic heterocycles. The van der Waals surface area contributed by atoms with Gasteiger partial charge in [0, 0.05) is 35.0 Å². The third kappa shape index (κ3) is 3.37. The highest BCUT2D eigenvalue weighted by atomic mass is 32.2. The molecule has 2 N–H and O–H groups in total. The molecule has 7 nitrogen and oxygen atoms in total. The van der Waals surface area contributed by atoms with E-state index in [2.05, 4.69) is 10.6 Å². The first kappa shape index (κ1) is 19.5. The van der Waals surface area contributed by atoms with Gasteiger partial charge in [-0.2, -0.15) is 0 Å². The Bertz CT molecular complexity index is 1330. The summed E-state index contributed by atoms with van der Waals surface area (Å²) < 4.78 is 26.0. The van der Waals surface area contributed by atoms with Gasteiger partial charge in [-0.05, 0) is 48.5 Å². The molecule has 1 aliphatic heterocycles. The maximum Gasteiger partial charge on any atom is 0.255 e. The summed E-state index contributed by atoms with van der Waals surface area (Å²) in [7, 11) is -3.93. The van der Waals surface area contributed by atoms with Crippen LogP contribution in [-0.2, 0) is 14.6 Å². The van der Waals surface area contributed by atoms with Gasteiger partial charge < -0.3 is 10.6 Å². The zero-order valence-corrected chi connectivity index (χ0v) is 16.6. The largest absolute Gasteiger partial charge is 0.326 e. The lowest BCUT2D eigenvalue weighted by molar-refractivity contribution is -0.114. The lowest BCUT2D eigenvalue weighted by Gasteiger charge is -2.19. The lowest BCUT2D eigenvalue weighted by atomic mass is 10.0. The number of ketones is 1. The van der Waals surface area contributed by atoms with Gasteiger partial charge in [0.1, 0.15) is 0 Å².